The zero-order chi connectivity index (χ0) is 13.8. The number of aromatic nitrogens is 1. The molecule has 0 aliphatic carbocycles. The summed E-state index contributed by atoms with van der Waals surface area (Å²) in [5, 5.41) is 0.0372. The summed E-state index contributed by atoms with van der Waals surface area (Å²) in [5.74, 6) is -0.467. The van der Waals surface area contributed by atoms with Crippen LogP contribution >= 0.6 is 11.6 Å². The van der Waals surface area contributed by atoms with E-state index in [0.717, 1.165) is 5.69 Å². The van der Waals surface area contributed by atoms with Crippen molar-refractivity contribution in [2.75, 3.05) is 17.2 Å². The smallest absolute Gasteiger partial charge is 0.144 e. The van der Waals surface area contributed by atoms with Crippen molar-refractivity contribution in [1.29, 1.82) is 0 Å². The first-order chi connectivity index (χ1) is 9.11. The van der Waals surface area contributed by atoms with Crippen LogP contribution in [-0.4, -0.2) is 11.5 Å². The second-order valence-electron chi connectivity index (χ2n) is 4.16. The molecule has 2 N–H and O–H groups in total. The molecule has 100 valence electrons. The summed E-state index contributed by atoms with van der Waals surface area (Å²) in [6, 6.07) is 8.50. The third-order valence-corrected chi connectivity index (χ3v) is 3.16. The molecule has 0 fully saturated rings. The minimum absolute atomic E-state index is 0.0372. The van der Waals surface area contributed by atoms with Gasteiger partial charge in [0.2, 0.25) is 0 Å². The van der Waals surface area contributed by atoms with Crippen molar-refractivity contribution < 1.29 is 4.39 Å². The van der Waals surface area contributed by atoms with E-state index in [1.54, 1.807) is 6.20 Å². The van der Waals surface area contributed by atoms with Gasteiger partial charge in [-0.05, 0) is 25.1 Å². The number of rotatable bonds is 4. The molecule has 0 aliphatic heterocycles. The van der Waals surface area contributed by atoms with Crippen LogP contribution in [0.1, 0.15) is 12.6 Å². The standard InChI is InChI=1S/C14H15ClFN3/c1-2-19(9-10-5-3-4-6-18-10)14-8-12(16)11(15)7-13(14)17/h3-8H,2,9,17H2,1H3. The van der Waals surface area contributed by atoms with Crippen LogP contribution in [-0.2, 0) is 6.54 Å². The van der Waals surface area contributed by atoms with Crippen LogP contribution in [0.5, 0.6) is 0 Å². The topological polar surface area (TPSA) is 42.2 Å². The first-order valence-corrected chi connectivity index (χ1v) is 6.39. The number of pyridine rings is 1. The van der Waals surface area contributed by atoms with Crippen molar-refractivity contribution in [1.82, 2.24) is 4.98 Å². The van der Waals surface area contributed by atoms with E-state index in [1.807, 2.05) is 30.0 Å². The lowest BCUT2D eigenvalue weighted by Gasteiger charge is -2.24. The molecule has 1 aromatic carbocycles. The molecule has 0 aliphatic rings. The largest absolute Gasteiger partial charge is 0.397 e. The van der Waals surface area contributed by atoms with Gasteiger partial charge >= 0.3 is 0 Å². The number of hydrogen-bond donors (Lipinski definition) is 1. The van der Waals surface area contributed by atoms with Gasteiger partial charge in [0.25, 0.3) is 0 Å². The fraction of sp³-hybridized carbons (Fsp3) is 0.214. The molecule has 0 amide bonds. The SMILES string of the molecule is CCN(Cc1ccccn1)c1cc(F)c(Cl)cc1N. The summed E-state index contributed by atoms with van der Waals surface area (Å²) < 4.78 is 13.6. The van der Waals surface area contributed by atoms with Gasteiger partial charge in [-0.3, -0.25) is 4.98 Å². The van der Waals surface area contributed by atoms with Crippen LogP contribution in [0.15, 0.2) is 36.5 Å². The Kier molecular flexibility index (Phi) is 4.22. The Morgan fingerprint density at radius 1 is 1.37 bits per heavy atom. The monoisotopic (exact) mass is 279 g/mol. The lowest BCUT2D eigenvalue weighted by molar-refractivity contribution is 0.627. The maximum Gasteiger partial charge on any atom is 0.144 e. The quantitative estimate of drug-likeness (QED) is 0.871. The van der Waals surface area contributed by atoms with Crippen molar-refractivity contribution in [3.63, 3.8) is 0 Å². The van der Waals surface area contributed by atoms with Crippen molar-refractivity contribution in [3.8, 4) is 0 Å². The van der Waals surface area contributed by atoms with Crippen molar-refractivity contribution in [2.24, 2.45) is 0 Å². The fourth-order valence-electron chi connectivity index (χ4n) is 1.88. The second-order valence-corrected chi connectivity index (χ2v) is 4.57. The highest BCUT2D eigenvalue weighted by Crippen LogP contribution is 2.29. The van der Waals surface area contributed by atoms with E-state index in [2.05, 4.69) is 4.98 Å². The zero-order valence-electron chi connectivity index (χ0n) is 10.6. The number of anilines is 2. The maximum absolute atomic E-state index is 13.6. The minimum Gasteiger partial charge on any atom is -0.397 e. The van der Waals surface area contributed by atoms with Crippen LogP contribution in [0.2, 0.25) is 5.02 Å². The van der Waals surface area contributed by atoms with Gasteiger partial charge in [0.1, 0.15) is 5.82 Å². The summed E-state index contributed by atoms with van der Waals surface area (Å²) in [7, 11) is 0. The average Bonchev–Trinajstić information content (AvgIpc) is 2.42. The molecule has 19 heavy (non-hydrogen) atoms. The van der Waals surface area contributed by atoms with Crippen LogP contribution in [0, 0.1) is 5.82 Å². The first kappa shape index (κ1) is 13.6. The van der Waals surface area contributed by atoms with E-state index in [1.165, 1.54) is 12.1 Å². The van der Waals surface area contributed by atoms with Crippen LogP contribution in [0.25, 0.3) is 0 Å². The van der Waals surface area contributed by atoms with Crippen LogP contribution < -0.4 is 10.6 Å². The summed E-state index contributed by atoms with van der Waals surface area (Å²) in [5.41, 5.74) is 7.91. The van der Waals surface area contributed by atoms with Gasteiger partial charge in [0, 0.05) is 18.8 Å². The molecule has 0 saturated carbocycles. The Hall–Kier alpha value is -1.81. The molecular formula is C14H15ClFN3. The van der Waals surface area contributed by atoms with E-state index in [9.17, 15) is 4.39 Å². The van der Waals surface area contributed by atoms with Crippen molar-refractivity contribution in [3.05, 3.63) is 53.1 Å². The highest BCUT2D eigenvalue weighted by atomic mass is 35.5. The molecule has 0 saturated heterocycles. The summed E-state index contributed by atoms with van der Waals surface area (Å²) in [6.45, 7) is 3.25. The predicted octanol–water partition coefficient (Wildman–Crippen LogP) is 3.48. The van der Waals surface area contributed by atoms with Crippen LogP contribution in [0.3, 0.4) is 0 Å². The van der Waals surface area contributed by atoms with Crippen LogP contribution in [0.4, 0.5) is 15.8 Å². The van der Waals surface area contributed by atoms with Gasteiger partial charge in [0.05, 0.1) is 28.6 Å². The van der Waals surface area contributed by atoms with Gasteiger partial charge in [-0.15, -0.1) is 0 Å². The van der Waals surface area contributed by atoms with Crippen molar-refractivity contribution >= 4 is 23.0 Å². The molecule has 5 heteroatoms. The molecule has 0 spiro atoms. The highest BCUT2D eigenvalue weighted by molar-refractivity contribution is 6.31. The fourth-order valence-corrected chi connectivity index (χ4v) is 2.05. The summed E-state index contributed by atoms with van der Waals surface area (Å²) >= 11 is 5.71. The molecule has 2 rings (SSSR count). The maximum atomic E-state index is 13.6. The van der Waals surface area contributed by atoms with Gasteiger partial charge in [-0.1, -0.05) is 17.7 Å². The van der Waals surface area contributed by atoms with E-state index in [0.29, 0.717) is 24.5 Å². The summed E-state index contributed by atoms with van der Waals surface area (Å²) in [4.78, 5) is 6.21. The molecule has 0 unspecified atom stereocenters. The Morgan fingerprint density at radius 2 is 2.16 bits per heavy atom. The molecule has 0 atom stereocenters. The predicted molar refractivity (Wildman–Crippen MR) is 76.8 cm³/mol. The molecule has 0 bridgehead atoms. The first-order valence-electron chi connectivity index (χ1n) is 6.01. The Morgan fingerprint density at radius 3 is 2.79 bits per heavy atom. The van der Waals surface area contributed by atoms with Gasteiger partial charge in [-0.25, -0.2) is 4.39 Å². The molecule has 0 radical (unpaired) electrons. The number of benzene rings is 1. The third kappa shape index (κ3) is 3.15. The average molecular weight is 280 g/mol. The molecule has 1 heterocycles. The lowest BCUT2D eigenvalue weighted by atomic mass is 10.2. The van der Waals surface area contributed by atoms with E-state index >= 15 is 0 Å². The normalized spacial score (nSPS) is 10.5. The summed E-state index contributed by atoms with van der Waals surface area (Å²) in [6.07, 6.45) is 1.73. The van der Waals surface area contributed by atoms with E-state index < -0.39 is 5.82 Å². The van der Waals surface area contributed by atoms with E-state index in [-0.39, 0.29) is 5.02 Å². The van der Waals surface area contributed by atoms with Gasteiger partial charge < -0.3 is 10.6 Å². The highest BCUT2D eigenvalue weighted by Gasteiger charge is 2.13. The Balaban J connectivity index is 2.30. The minimum atomic E-state index is -0.467. The molecule has 2 aromatic rings. The number of halogens is 2. The Labute approximate surface area is 116 Å². The third-order valence-electron chi connectivity index (χ3n) is 2.87. The molecule has 1 aromatic heterocycles. The van der Waals surface area contributed by atoms with E-state index in [4.69, 9.17) is 17.3 Å². The van der Waals surface area contributed by atoms with Gasteiger partial charge in [0.15, 0.2) is 0 Å². The lowest BCUT2D eigenvalue weighted by Crippen LogP contribution is -2.23. The van der Waals surface area contributed by atoms with Gasteiger partial charge in [-0.2, -0.15) is 0 Å². The number of nitrogens with zero attached hydrogens (tertiary/aromatic N) is 2. The van der Waals surface area contributed by atoms with Crippen molar-refractivity contribution in [2.45, 2.75) is 13.5 Å². The molecular weight excluding hydrogens is 265 g/mol. The Bertz CT molecular complexity index is 560. The number of hydrogen-bond acceptors (Lipinski definition) is 3. The number of nitrogens with two attached hydrogens (primary N) is 1. The number of nitrogen functional groups attached to an aromatic ring is 1. The molecule has 3 nitrogen and oxygen atoms in total. The zero-order valence-corrected chi connectivity index (χ0v) is 11.4. The second kappa shape index (κ2) is 5.89.